The molecule has 0 bridgehead atoms. The molecule has 2 atom stereocenters. The Balaban J connectivity index is 1.81. The number of carboxylic acids is 1. The summed E-state index contributed by atoms with van der Waals surface area (Å²) in [5, 5.41) is 14.0. The summed E-state index contributed by atoms with van der Waals surface area (Å²) in [4.78, 5) is 48.9. The van der Waals surface area contributed by atoms with Crippen LogP contribution in [0.1, 0.15) is 6.42 Å². The molecular weight excluding hydrogens is 410 g/mol. The summed E-state index contributed by atoms with van der Waals surface area (Å²) >= 11 is 2.56. The molecule has 1 fully saturated rings. The number of thiophene rings is 1. The summed E-state index contributed by atoms with van der Waals surface area (Å²) in [5.74, 6) is -2.21. The van der Waals surface area contributed by atoms with Crippen molar-refractivity contribution in [1.29, 1.82) is 0 Å². The zero-order valence-electron chi connectivity index (χ0n) is 14.7. The van der Waals surface area contributed by atoms with Crippen LogP contribution in [-0.4, -0.2) is 64.3 Å². The molecule has 1 aromatic rings. The van der Waals surface area contributed by atoms with Crippen molar-refractivity contribution < 1.29 is 33.8 Å². The molecule has 1 saturated heterocycles. The second kappa shape index (κ2) is 7.81. The minimum absolute atomic E-state index is 0.182. The molecule has 3 rings (SSSR count). The van der Waals surface area contributed by atoms with E-state index < -0.39 is 34.9 Å². The van der Waals surface area contributed by atoms with E-state index in [0.29, 0.717) is 5.00 Å². The number of carboxylic acid groups (broad SMARTS) is 1. The first-order chi connectivity index (χ1) is 13.3. The van der Waals surface area contributed by atoms with Gasteiger partial charge in [-0.2, -0.15) is 0 Å². The van der Waals surface area contributed by atoms with Gasteiger partial charge in [0.2, 0.25) is 5.91 Å². The van der Waals surface area contributed by atoms with Crippen LogP contribution in [0.2, 0.25) is 0 Å². The lowest BCUT2D eigenvalue weighted by molar-refractivity contribution is -0.186. The molecule has 0 unspecified atom stereocenters. The molecule has 0 aromatic carbocycles. The highest BCUT2D eigenvalue weighted by Gasteiger charge is 2.66. The zero-order valence-corrected chi connectivity index (χ0v) is 16.3. The number of primary amides is 1. The van der Waals surface area contributed by atoms with Gasteiger partial charge >= 0.3 is 12.1 Å². The minimum atomic E-state index is -1.47. The number of aliphatic carboxylic acids is 1. The van der Waals surface area contributed by atoms with Gasteiger partial charge in [0.05, 0.1) is 11.4 Å². The molecule has 0 spiro atoms. The Labute approximate surface area is 167 Å². The van der Waals surface area contributed by atoms with E-state index in [1.54, 1.807) is 17.5 Å². The Morgan fingerprint density at radius 1 is 1.46 bits per heavy atom. The van der Waals surface area contributed by atoms with Crippen LogP contribution in [0.25, 0.3) is 0 Å². The van der Waals surface area contributed by atoms with Crippen molar-refractivity contribution >= 4 is 52.0 Å². The number of nitrogens with two attached hydrogens (primary N) is 1. The molecule has 4 N–H and O–H groups in total. The van der Waals surface area contributed by atoms with E-state index in [4.69, 9.17) is 10.5 Å². The standard InChI is InChI=1S/C16H17N3O7S2/c1-25-16(5-9(20)18-10-3-2-4-27-10)13(23)19-11(12(21)22)8(6-26-15(17)24)7-28-14(16)19/h2-4,14H,5-7H2,1H3,(H2,17,24)(H,18,20)(H,21,22)/t14-,16+/m1/s1. The summed E-state index contributed by atoms with van der Waals surface area (Å²) < 4.78 is 10.1. The number of methoxy groups -OCH3 is 1. The molecule has 3 heterocycles. The van der Waals surface area contributed by atoms with Crippen LogP contribution in [0.15, 0.2) is 28.8 Å². The SMILES string of the molecule is CO[C@@]1(CC(=O)Nc2cccs2)C(=O)N2C(C(=O)O)=C(COC(N)=O)CS[C@@H]21. The molecule has 2 aliphatic heterocycles. The van der Waals surface area contributed by atoms with Crippen LogP contribution >= 0.6 is 23.1 Å². The summed E-state index contributed by atoms with van der Waals surface area (Å²) in [6, 6.07) is 3.50. The number of carbonyl (C=O) groups is 4. The van der Waals surface area contributed by atoms with Gasteiger partial charge in [-0.25, -0.2) is 9.59 Å². The number of nitrogens with zero attached hydrogens (tertiary/aromatic N) is 1. The van der Waals surface area contributed by atoms with Crippen LogP contribution in [-0.2, 0) is 23.9 Å². The topological polar surface area (TPSA) is 148 Å². The smallest absolute Gasteiger partial charge is 0.404 e. The fraction of sp³-hybridized carbons (Fsp3) is 0.375. The average Bonchev–Trinajstić information content (AvgIpc) is 3.15. The number of β-lactam (4-membered cyclic amide) rings is 1. The van der Waals surface area contributed by atoms with Crippen LogP contribution in [0.5, 0.6) is 0 Å². The van der Waals surface area contributed by atoms with Gasteiger partial charge in [-0.3, -0.25) is 14.5 Å². The van der Waals surface area contributed by atoms with E-state index in [1.807, 2.05) is 0 Å². The summed E-state index contributed by atoms with van der Waals surface area (Å²) in [5.41, 5.74) is 3.43. The molecule has 150 valence electrons. The molecule has 3 amide bonds. The highest BCUT2D eigenvalue weighted by molar-refractivity contribution is 8.00. The quantitative estimate of drug-likeness (QED) is 0.542. The van der Waals surface area contributed by atoms with E-state index in [1.165, 1.54) is 30.2 Å². The Bertz CT molecular complexity index is 854. The van der Waals surface area contributed by atoms with E-state index in [0.717, 1.165) is 4.90 Å². The van der Waals surface area contributed by atoms with Crippen molar-refractivity contribution in [3.63, 3.8) is 0 Å². The van der Waals surface area contributed by atoms with Crippen molar-refractivity contribution in [3.05, 3.63) is 28.8 Å². The maximum atomic E-state index is 12.9. The predicted molar refractivity (Wildman–Crippen MR) is 101 cm³/mol. The van der Waals surface area contributed by atoms with Crippen LogP contribution < -0.4 is 11.1 Å². The molecule has 12 heteroatoms. The maximum absolute atomic E-state index is 12.9. The number of anilines is 1. The number of fused-ring (bicyclic) bond motifs is 1. The maximum Gasteiger partial charge on any atom is 0.404 e. The van der Waals surface area contributed by atoms with Gasteiger partial charge in [0.1, 0.15) is 17.7 Å². The first-order valence-electron chi connectivity index (χ1n) is 8.01. The zero-order chi connectivity index (χ0) is 20.5. The highest BCUT2D eigenvalue weighted by Crippen LogP contribution is 2.49. The van der Waals surface area contributed by atoms with Gasteiger partial charge in [0, 0.05) is 18.4 Å². The minimum Gasteiger partial charge on any atom is -0.477 e. The number of amides is 3. The summed E-state index contributed by atoms with van der Waals surface area (Å²) in [6.45, 7) is -0.334. The second-order valence-electron chi connectivity index (χ2n) is 6.00. The number of hydrogen-bond acceptors (Lipinski definition) is 8. The van der Waals surface area contributed by atoms with Crippen LogP contribution in [0.3, 0.4) is 0 Å². The Morgan fingerprint density at radius 2 is 2.21 bits per heavy atom. The first-order valence-corrected chi connectivity index (χ1v) is 9.94. The predicted octanol–water partition coefficient (Wildman–Crippen LogP) is 0.811. The average molecular weight is 427 g/mol. The fourth-order valence-electron chi connectivity index (χ4n) is 3.12. The lowest BCUT2D eigenvalue weighted by Gasteiger charge is -2.55. The van der Waals surface area contributed by atoms with E-state index >= 15 is 0 Å². The Kier molecular flexibility index (Phi) is 5.63. The monoisotopic (exact) mass is 427 g/mol. The Hall–Kier alpha value is -2.57. The number of hydrogen-bond donors (Lipinski definition) is 3. The van der Waals surface area contributed by atoms with Gasteiger partial charge < -0.3 is 25.6 Å². The van der Waals surface area contributed by atoms with Gasteiger partial charge in [-0.05, 0) is 17.5 Å². The molecule has 28 heavy (non-hydrogen) atoms. The third kappa shape index (κ3) is 3.45. The van der Waals surface area contributed by atoms with Crippen molar-refractivity contribution in [2.75, 3.05) is 24.8 Å². The lowest BCUT2D eigenvalue weighted by atomic mass is 9.86. The van der Waals surface area contributed by atoms with E-state index in [-0.39, 0.29) is 30.1 Å². The van der Waals surface area contributed by atoms with E-state index in [2.05, 4.69) is 10.1 Å². The summed E-state index contributed by atoms with van der Waals surface area (Å²) in [7, 11) is 1.31. The molecule has 1 aromatic heterocycles. The van der Waals surface area contributed by atoms with Gasteiger partial charge in [-0.1, -0.05) is 0 Å². The fourth-order valence-corrected chi connectivity index (χ4v) is 5.23. The normalized spacial score (nSPS) is 23.7. The van der Waals surface area contributed by atoms with Gasteiger partial charge in [-0.15, -0.1) is 23.1 Å². The Morgan fingerprint density at radius 3 is 2.79 bits per heavy atom. The molecule has 0 saturated carbocycles. The molecule has 10 nitrogen and oxygen atoms in total. The van der Waals surface area contributed by atoms with Gasteiger partial charge in [0.15, 0.2) is 5.60 Å². The molecular formula is C16H17N3O7S2. The molecule has 0 aliphatic carbocycles. The largest absolute Gasteiger partial charge is 0.477 e. The van der Waals surface area contributed by atoms with E-state index in [9.17, 15) is 24.3 Å². The van der Waals surface area contributed by atoms with Crippen molar-refractivity contribution in [2.45, 2.75) is 17.4 Å². The third-order valence-electron chi connectivity index (χ3n) is 4.37. The molecule has 0 radical (unpaired) electrons. The number of carbonyl (C=O) groups excluding carboxylic acids is 3. The van der Waals surface area contributed by atoms with Crippen LogP contribution in [0.4, 0.5) is 9.80 Å². The highest BCUT2D eigenvalue weighted by atomic mass is 32.2. The first kappa shape index (κ1) is 20.2. The number of nitrogens with one attached hydrogen (secondary N) is 1. The van der Waals surface area contributed by atoms with Crippen molar-refractivity contribution in [1.82, 2.24) is 4.90 Å². The molecule has 2 aliphatic rings. The van der Waals surface area contributed by atoms with Gasteiger partial charge in [0.25, 0.3) is 5.91 Å². The van der Waals surface area contributed by atoms with Crippen molar-refractivity contribution in [2.24, 2.45) is 5.73 Å². The second-order valence-corrected chi connectivity index (χ2v) is 8.02. The number of ether oxygens (including phenoxy) is 2. The van der Waals surface area contributed by atoms with Crippen LogP contribution in [0, 0.1) is 0 Å². The van der Waals surface area contributed by atoms with Crippen molar-refractivity contribution in [3.8, 4) is 0 Å². The third-order valence-corrected chi connectivity index (χ3v) is 6.58. The number of rotatable bonds is 7. The summed E-state index contributed by atoms with van der Waals surface area (Å²) in [6.07, 6.45) is -1.30. The lowest BCUT2D eigenvalue weighted by Crippen LogP contribution is -2.75. The number of thioether (sulfide) groups is 1.